The minimum Gasteiger partial charge on any atom is -0.855 e. The van der Waals surface area contributed by atoms with Crippen LogP contribution in [0.2, 0.25) is 0 Å². The van der Waals surface area contributed by atoms with Crippen molar-refractivity contribution >= 4 is 5.90 Å². The van der Waals surface area contributed by atoms with Gasteiger partial charge in [0.1, 0.15) is 0 Å². The van der Waals surface area contributed by atoms with Crippen LogP contribution in [-0.2, 0) is 0 Å². The van der Waals surface area contributed by atoms with E-state index in [1.165, 1.54) is 14.1 Å². The van der Waals surface area contributed by atoms with E-state index in [0.29, 0.717) is 6.08 Å². The van der Waals surface area contributed by atoms with Crippen LogP contribution in [0.15, 0.2) is 16.9 Å². The topological polar surface area (TPSA) is 35.4 Å². The fraction of sp³-hybridized carbons (Fsp3) is 0.500. The van der Waals surface area contributed by atoms with Crippen LogP contribution in [-0.4, -0.2) is 30.8 Å². The predicted molar refractivity (Wildman–Crippen MR) is 33.7 cm³/mol. The van der Waals surface area contributed by atoms with Crippen LogP contribution in [0.4, 0.5) is 13.2 Å². The Labute approximate surface area is 67.0 Å². The molecule has 6 heteroatoms. The fourth-order valence-electron chi connectivity index (χ4n) is 0.996. The quantitative estimate of drug-likeness (QED) is 0.490. The van der Waals surface area contributed by atoms with E-state index >= 15 is 0 Å². The van der Waals surface area contributed by atoms with Gasteiger partial charge in [-0.1, -0.05) is 5.10 Å². The number of quaternary nitrogens is 1. The van der Waals surface area contributed by atoms with Crippen molar-refractivity contribution in [2.75, 3.05) is 14.1 Å². The number of rotatable bonds is 0. The molecule has 0 unspecified atom stereocenters. The summed E-state index contributed by atoms with van der Waals surface area (Å²) in [6.07, 6.45) is -3.97. The van der Waals surface area contributed by atoms with Gasteiger partial charge in [0.2, 0.25) is 5.70 Å². The van der Waals surface area contributed by atoms with Crippen LogP contribution in [0, 0.1) is 0 Å². The number of allylic oxidation sites excluding steroid dienone is 1. The van der Waals surface area contributed by atoms with E-state index in [2.05, 4.69) is 5.10 Å². The van der Waals surface area contributed by atoms with E-state index in [0.717, 1.165) is 0 Å². The molecular formula is C6H7F3N2O. The highest BCUT2D eigenvalue weighted by Gasteiger charge is 2.48. The van der Waals surface area contributed by atoms with Crippen molar-refractivity contribution in [1.82, 2.24) is 0 Å². The molecule has 0 bridgehead atoms. The van der Waals surface area contributed by atoms with E-state index in [-0.39, 0.29) is 0 Å². The molecule has 0 fully saturated rings. The Kier molecular flexibility index (Phi) is 1.68. The number of halogens is 3. The van der Waals surface area contributed by atoms with Crippen molar-refractivity contribution in [3.8, 4) is 0 Å². The summed E-state index contributed by atoms with van der Waals surface area (Å²) in [5, 5.41) is 13.8. The smallest absolute Gasteiger partial charge is 0.469 e. The summed E-state index contributed by atoms with van der Waals surface area (Å²) in [5.74, 6) is -0.840. The summed E-state index contributed by atoms with van der Waals surface area (Å²) in [6.45, 7) is 0. The summed E-state index contributed by atoms with van der Waals surface area (Å²) >= 11 is 0. The van der Waals surface area contributed by atoms with Gasteiger partial charge in [0.15, 0.2) is 0 Å². The second-order valence-electron chi connectivity index (χ2n) is 2.86. The normalized spacial score (nSPS) is 22.1. The van der Waals surface area contributed by atoms with Gasteiger partial charge in [0, 0.05) is 6.08 Å². The zero-order chi connectivity index (χ0) is 9.57. The van der Waals surface area contributed by atoms with Crippen LogP contribution >= 0.6 is 0 Å². The predicted octanol–water partition coefficient (Wildman–Crippen LogP) is 0.196. The van der Waals surface area contributed by atoms with E-state index in [4.69, 9.17) is 0 Å². The first-order valence-electron chi connectivity index (χ1n) is 3.14. The molecule has 1 aliphatic heterocycles. The third-order valence-electron chi connectivity index (χ3n) is 1.49. The molecule has 0 aromatic carbocycles. The van der Waals surface area contributed by atoms with E-state index in [1.807, 2.05) is 0 Å². The molecular weight excluding hydrogens is 173 g/mol. The summed E-state index contributed by atoms with van der Waals surface area (Å²) < 4.78 is 35.6. The Morgan fingerprint density at radius 3 is 2.08 bits per heavy atom. The van der Waals surface area contributed by atoms with Crippen LogP contribution in [0.25, 0.3) is 0 Å². The van der Waals surface area contributed by atoms with E-state index in [1.54, 1.807) is 0 Å². The number of hydrogen-bond acceptors (Lipinski definition) is 2. The summed E-state index contributed by atoms with van der Waals surface area (Å²) in [6, 6.07) is 0. The summed E-state index contributed by atoms with van der Waals surface area (Å²) in [5.41, 5.74) is -0.937. The molecule has 0 spiro atoms. The SMILES string of the molecule is C[N+]1(C)N=C([O-])C=C1C(F)(F)F. The third-order valence-corrected chi connectivity index (χ3v) is 1.49. The maximum Gasteiger partial charge on any atom is 0.469 e. The highest BCUT2D eigenvalue weighted by atomic mass is 19.4. The van der Waals surface area contributed by atoms with Crippen LogP contribution < -0.4 is 5.11 Å². The molecule has 0 N–H and O–H groups in total. The second-order valence-corrected chi connectivity index (χ2v) is 2.86. The number of alkyl halides is 3. The fourth-order valence-corrected chi connectivity index (χ4v) is 0.996. The molecule has 0 aromatic heterocycles. The first-order valence-corrected chi connectivity index (χ1v) is 3.14. The molecule has 0 saturated carbocycles. The van der Waals surface area contributed by atoms with Gasteiger partial charge in [-0.05, 0) is 0 Å². The van der Waals surface area contributed by atoms with E-state index in [9.17, 15) is 18.3 Å². The maximum absolute atomic E-state index is 12.1. The minimum atomic E-state index is -4.49. The van der Waals surface area contributed by atoms with Gasteiger partial charge >= 0.3 is 6.18 Å². The zero-order valence-corrected chi connectivity index (χ0v) is 6.51. The molecule has 1 aliphatic rings. The summed E-state index contributed by atoms with van der Waals surface area (Å²) in [4.78, 5) is 0. The average molecular weight is 180 g/mol. The lowest BCUT2D eigenvalue weighted by Crippen LogP contribution is -2.37. The Morgan fingerprint density at radius 2 is 1.92 bits per heavy atom. The van der Waals surface area contributed by atoms with Crippen molar-refractivity contribution in [1.29, 1.82) is 0 Å². The van der Waals surface area contributed by atoms with E-state index < -0.39 is 22.4 Å². The molecule has 0 radical (unpaired) electrons. The van der Waals surface area contributed by atoms with Gasteiger partial charge in [0.05, 0.1) is 20.0 Å². The Bertz CT molecular complexity index is 264. The summed E-state index contributed by atoms with van der Waals surface area (Å²) in [7, 11) is 2.40. The number of hydrogen-bond donors (Lipinski definition) is 0. The lowest BCUT2D eigenvalue weighted by atomic mass is 10.3. The molecule has 0 saturated heterocycles. The van der Waals surface area contributed by atoms with Gasteiger partial charge in [0.25, 0.3) is 0 Å². The van der Waals surface area contributed by atoms with Gasteiger partial charge in [-0.15, -0.1) is 0 Å². The van der Waals surface area contributed by atoms with Crippen molar-refractivity contribution in [3.05, 3.63) is 11.8 Å². The molecule has 0 aromatic rings. The third kappa shape index (κ3) is 1.42. The highest BCUT2D eigenvalue weighted by Crippen LogP contribution is 2.34. The zero-order valence-electron chi connectivity index (χ0n) is 6.51. The van der Waals surface area contributed by atoms with Gasteiger partial charge in [-0.3, -0.25) is 0 Å². The molecule has 68 valence electrons. The van der Waals surface area contributed by atoms with Crippen LogP contribution in [0.1, 0.15) is 0 Å². The Balaban J connectivity index is 3.05. The lowest BCUT2D eigenvalue weighted by Gasteiger charge is -2.22. The molecule has 0 atom stereocenters. The van der Waals surface area contributed by atoms with Crippen LogP contribution in [0.5, 0.6) is 0 Å². The first kappa shape index (κ1) is 9.05. The highest BCUT2D eigenvalue weighted by molar-refractivity contribution is 5.85. The van der Waals surface area contributed by atoms with Crippen LogP contribution in [0.3, 0.4) is 0 Å². The monoisotopic (exact) mass is 180 g/mol. The molecule has 12 heavy (non-hydrogen) atoms. The molecule has 0 amide bonds. The maximum atomic E-state index is 12.1. The number of nitrogens with zero attached hydrogens (tertiary/aromatic N) is 2. The standard InChI is InChI=1S/C6H7F3N2O/c1-11(2)4(6(7,8)9)3-5(12)10-11/h3H,1-2H3. The second kappa shape index (κ2) is 2.22. The Morgan fingerprint density at radius 1 is 1.42 bits per heavy atom. The molecule has 1 rings (SSSR count). The van der Waals surface area contributed by atoms with Crippen molar-refractivity contribution in [2.24, 2.45) is 5.10 Å². The van der Waals surface area contributed by atoms with Gasteiger partial charge < -0.3 is 5.11 Å². The van der Waals surface area contributed by atoms with Gasteiger partial charge in [-0.25, -0.2) is 0 Å². The lowest BCUT2D eigenvalue weighted by molar-refractivity contribution is -0.866. The van der Waals surface area contributed by atoms with Crippen molar-refractivity contribution in [2.45, 2.75) is 6.18 Å². The van der Waals surface area contributed by atoms with Crippen molar-refractivity contribution in [3.63, 3.8) is 0 Å². The molecule has 3 nitrogen and oxygen atoms in total. The van der Waals surface area contributed by atoms with Crippen molar-refractivity contribution < 1.29 is 22.9 Å². The Hall–Kier alpha value is -1.04. The minimum absolute atomic E-state index is 0.514. The molecule has 1 heterocycles. The largest absolute Gasteiger partial charge is 0.855 e. The average Bonchev–Trinajstić information content (AvgIpc) is 2.02. The van der Waals surface area contributed by atoms with Gasteiger partial charge in [-0.2, -0.15) is 17.8 Å². The first-order chi connectivity index (χ1) is 5.23. The molecule has 0 aliphatic carbocycles.